The maximum atomic E-state index is 12.1. The molecule has 3 rings (SSSR count). The lowest BCUT2D eigenvalue weighted by Gasteiger charge is -2.20. The fourth-order valence-electron chi connectivity index (χ4n) is 3.21. The van der Waals surface area contributed by atoms with Crippen LogP contribution in [0.3, 0.4) is 0 Å². The average molecular weight is 359 g/mol. The van der Waals surface area contributed by atoms with Crippen LogP contribution in [0.1, 0.15) is 44.9 Å². The van der Waals surface area contributed by atoms with E-state index < -0.39 is 4.92 Å². The highest BCUT2D eigenvalue weighted by atomic mass is 32.1. The van der Waals surface area contributed by atoms with Crippen molar-refractivity contribution in [3.63, 3.8) is 0 Å². The number of non-ortho nitro benzene ring substituents is 1. The molecule has 1 fully saturated rings. The number of benzene rings is 1. The molecule has 1 aromatic carbocycles. The summed E-state index contributed by atoms with van der Waals surface area (Å²) in [7, 11) is 0. The molecule has 0 radical (unpaired) electrons. The summed E-state index contributed by atoms with van der Waals surface area (Å²) in [6.45, 7) is 0. The second kappa shape index (κ2) is 8.20. The first-order valence-electron chi connectivity index (χ1n) is 8.62. The third-order valence-electron chi connectivity index (χ3n) is 4.63. The van der Waals surface area contributed by atoms with Crippen LogP contribution in [0.2, 0.25) is 0 Å². The highest BCUT2D eigenvalue weighted by Crippen LogP contribution is 2.29. The lowest BCUT2D eigenvalue weighted by Crippen LogP contribution is -2.14. The molecule has 132 valence electrons. The van der Waals surface area contributed by atoms with Crippen LogP contribution in [0.4, 0.5) is 10.8 Å². The van der Waals surface area contributed by atoms with Crippen molar-refractivity contribution in [1.29, 1.82) is 0 Å². The fraction of sp³-hybridized carbons (Fsp3) is 0.444. The number of hydrogen-bond acceptors (Lipinski definition) is 5. The molecular formula is C18H21N3O3S. The summed E-state index contributed by atoms with van der Waals surface area (Å²) in [5.74, 6) is 0.696. The quantitative estimate of drug-likeness (QED) is 0.580. The van der Waals surface area contributed by atoms with E-state index in [1.54, 1.807) is 12.1 Å². The summed E-state index contributed by atoms with van der Waals surface area (Å²) in [5.41, 5.74) is 1.56. The lowest BCUT2D eigenvalue weighted by molar-refractivity contribution is -0.384. The standard InChI is InChI=1S/C18H21N3O3S/c22-17(11-6-13-4-2-1-3-5-13)20-18-19-16(12-25-18)14-7-9-15(10-8-14)21(23)24/h7-10,12-13H,1-6,11H2,(H,19,20,22). The minimum Gasteiger partial charge on any atom is -0.302 e. The molecule has 1 aliphatic rings. The van der Waals surface area contributed by atoms with Crippen molar-refractivity contribution in [2.45, 2.75) is 44.9 Å². The first-order valence-corrected chi connectivity index (χ1v) is 9.50. The van der Waals surface area contributed by atoms with Crippen LogP contribution in [0.25, 0.3) is 11.3 Å². The average Bonchev–Trinajstić information content (AvgIpc) is 3.09. The molecule has 0 spiro atoms. The van der Waals surface area contributed by atoms with Gasteiger partial charge in [0.2, 0.25) is 5.91 Å². The Morgan fingerprint density at radius 1 is 1.24 bits per heavy atom. The molecule has 1 heterocycles. The van der Waals surface area contributed by atoms with Crippen LogP contribution >= 0.6 is 11.3 Å². The van der Waals surface area contributed by atoms with Gasteiger partial charge in [0, 0.05) is 29.5 Å². The van der Waals surface area contributed by atoms with Gasteiger partial charge in [0.1, 0.15) is 0 Å². The second-order valence-electron chi connectivity index (χ2n) is 6.43. The van der Waals surface area contributed by atoms with Gasteiger partial charge in [-0.1, -0.05) is 32.1 Å². The molecule has 0 atom stereocenters. The molecule has 2 aromatic rings. The van der Waals surface area contributed by atoms with Crippen molar-refractivity contribution in [1.82, 2.24) is 4.98 Å². The van der Waals surface area contributed by atoms with Gasteiger partial charge in [-0.25, -0.2) is 4.98 Å². The number of aromatic nitrogens is 1. The number of thiazole rings is 1. The topological polar surface area (TPSA) is 85.1 Å². The minimum atomic E-state index is -0.428. The summed E-state index contributed by atoms with van der Waals surface area (Å²) in [6.07, 6.45) is 7.88. The summed E-state index contributed by atoms with van der Waals surface area (Å²) >= 11 is 1.37. The van der Waals surface area contributed by atoms with Crippen molar-refractivity contribution in [2.24, 2.45) is 5.92 Å². The number of amides is 1. The maximum Gasteiger partial charge on any atom is 0.269 e. The number of rotatable bonds is 6. The van der Waals surface area contributed by atoms with Crippen LogP contribution in [-0.2, 0) is 4.79 Å². The summed E-state index contributed by atoms with van der Waals surface area (Å²) < 4.78 is 0. The summed E-state index contributed by atoms with van der Waals surface area (Å²) in [6, 6.07) is 6.25. The Kier molecular flexibility index (Phi) is 5.75. The van der Waals surface area contributed by atoms with Gasteiger partial charge in [0.25, 0.3) is 5.69 Å². The predicted molar refractivity (Wildman–Crippen MR) is 98.6 cm³/mol. The van der Waals surface area contributed by atoms with E-state index in [0.29, 0.717) is 23.2 Å². The highest BCUT2D eigenvalue weighted by Gasteiger charge is 2.15. The Morgan fingerprint density at radius 3 is 2.64 bits per heavy atom. The van der Waals surface area contributed by atoms with Gasteiger partial charge in [-0.05, 0) is 24.5 Å². The van der Waals surface area contributed by atoms with Gasteiger partial charge >= 0.3 is 0 Å². The van der Waals surface area contributed by atoms with Crippen LogP contribution in [0.15, 0.2) is 29.6 Å². The SMILES string of the molecule is O=C(CCC1CCCCC1)Nc1nc(-c2ccc([N+](=O)[O-])cc2)cs1. The highest BCUT2D eigenvalue weighted by molar-refractivity contribution is 7.14. The zero-order chi connectivity index (χ0) is 17.6. The lowest BCUT2D eigenvalue weighted by atomic mass is 9.86. The smallest absolute Gasteiger partial charge is 0.269 e. The van der Waals surface area contributed by atoms with Gasteiger partial charge in [-0.2, -0.15) is 0 Å². The van der Waals surface area contributed by atoms with E-state index in [4.69, 9.17) is 0 Å². The number of anilines is 1. The number of hydrogen-bond donors (Lipinski definition) is 1. The molecule has 1 saturated carbocycles. The van der Waals surface area contributed by atoms with Gasteiger partial charge in [-0.15, -0.1) is 11.3 Å². The number of nitrogens with one attached hydrogen (secondary N) is 1. The molecule has 1 aromatic heterocycles. The van der Waals surface area contributed by atoms with Crippen LogP contribution in [0.5, 0.6) is 0 Å². The minimum absolute atomic E-state index is 0.00942. The number of nitrogens with zero attached hydrogens (tertiary/aromatic N) is 2. The monoisotopic (exact) mass is 359 g/mol. The Hall–Kier alpha value is -2.28. The number of nitro groups is 1. The summed E-state index contributed by atoms with van der Waals surface area (Å²) in [4.78, 5) is 26.8. The summed E-state index contributed by atoms with van der Waals surface area (Å²) in [5, 5.41) is 16.0. The predicted octanol–water partition coefficient (Wildman–Crippen LogP) is 5.02. The van der Waals surface area contributed by atoms with Crippen molar-refractivity contribution >= 4 is 28.1 Å². The van der Waals surface area contributed by atoms with Gasteiger partial charge in [-0.3, -0.25) is 14.9 Å². The third-order valence-corrected chi connectivity index (χ3v) is 5.39. The Morgan fingerprint density at radius 2 is 1.96 bits per heavy atom. The first kappa shape index (κ1) is 17.5. The molecule has 1 aliphatic carbocycles. The zero-order valence-electron chi connectivity index (χ0n) is 13.9. The molecule has 0 unspecified atom stereocenters. The molecule has 1 amide bonds. The van der Waals surface area contributed by atoms with Crippen LogP contribution in [0, 0.1) is 16.0 Å². The van der Waals surface area contributed by atoms with Crippen molar-refractivity contribution < 1.29 is 9.72 Å². The van der Waals surface area contributed by atoms with E-state index in [0.717, 1.165) is 12.0 Å². The van der Waals surface area contributed by atoms with Crippen LogP contribution < -0.4 is 5.32 Å². The van der Waals surface area contributed by atoms with Gasteiger partial charge in [0.05, 0.1) is 10.6 Å². The van der Waals surface area contributed by atoms with E-state index in [9.17, 15) is 14.9 Å². The third kappa shape index (κ3) is 4.85. The molecule has 7 heteroatoms. The molecule has 6 nitrogen and oxygen atoms in total. The molecule has 1 N–H and O–H groups in total. The zero-order valence-corrected chi connectivity index (χ0v) is 14.8. The van der Waals surface area contributed by atoms with E-state index >= 15 is 0 Å². The molecule has 25 heavy (non-hydrogen) atoms. The van der Waals surface area contributed by atoms with Gasteiger partial charge < -0.3 is 5.32 Å². The van der Waals surface area contributed by atoms with E-state index in [-0.39, 0.29) is 11.6 Å². The molecule has 0 aliphatic heterocycles. The number of carbonyl (C=O) groups excluding carboxylic acids is 1. The van der Waals surface area contributed by atoms with Crippen molar-refractivity contribution in [2.75, 3.05) is 5.32 Å². The normalized spacial score (nSPS) is 15.0. The Bertz CT molecular complexity index is 736. The Balaban J connectivity index is 1.53. The van der Waals surface area contributed by atoms with E-state index in [2.05, 4.69) is 10.3 Å². The van der Waals surface area contributed by atoms with E-state index in [1.165, 1.54) is 55.6 Å². The maximum absolute atomic E-state index is 12.1. The van der Waals surface area contributed by atoms with Gasteiger partial charge in [0.15, 0.2) is 5.13 Å². The first-order chi connectivity index (χ1) is 12.1. The molecule has 0 bridgehead atoms. The van der Waals surface area contributed by atoms with Crippen molar-refractivity contribution in [3.8, 4) is 11.3 Å². The molecule has 0 saturated heterocycles. The van der Waals surface area contributed by atoms with Crippen LogP contribution in [-0.4, -0.2) is 15.8 Å². The molecular weight excluding hydrogens is 338 g/mol. The van der Waals surface area contributed by atoms with E-state index in [1.807, 2.05) is 5.38 Å². The fourth-order valence-corrected chi connectivity index (χ4v) is 3.95. The number of nitro benzene ring substituents is 1. The largest absolute Gasteiger partial charge is 0.302 e. The van der Waals surface area contributed by atoms with Crippen molar-refractivity contribution in [3.05, 3.63) is 39.8 Å². The number of carbonyl (C=O) groups is 1. The Labute approximate surface area is 150 Å². The second-order valence-corrected chi connectivity index (χ2v) is 7.29.